The summed E-state index contributed by atoms with van der Waals surface area (Å²) >= 11 is 0. The van der Waals surface area contributed by atoms with E-state index in [1.165, 1.54) is 12.1 Å². The second-order valence-corrected chi connectivity index (χ2v) is 8.98. The monoisotopic (exact) mass is 460 g/mol. The second-order valence-electron chi connectivity index (χ2n) is 8.98. The molecule has 2 unspecified atom stereocenters. The van der Waals surface area contributed by atoms with Crippen LogP contribution >= 0.6 is 0 Å². The number of hydrogen-bond donors (Lipinski definition) is 1. The molecule has 2 aliphatic heterocycles. The van der Waals surface area contributed by atoms with Crippen LogP contribution in [0.25, 0.3) is 0 Å². The van der Waals surface area contributed by atoms with E-state index in [1.54, 1.807) is 12.1 Å². The number of anilines is 1. The van der Waals surface area contributed by atoms with Crippen LogP contribution in [0.4, 0.5) is 10.1 Å². The highest BCUT2D eigenvalue weighted by molar-refractivity contribution is 6.08. The van der Waals surface area contributed by atoms with Gasteiger partial charge < -0.3 is 5.73 Å². The first-order chi connectivity index (χ1) is 17.1. The number of para-hydroxylation sites is 1. The Balaban J connectivity index is 1.61. The number of allylic oxidation sites excluding steroid dienone is 3. The highest BCUT2D eigenvalue weighted by atomic mass is 19.1. The van der Waals surface area contributed by atoms with Crippen molar-refractivity contribution >= 4 is 17.3 Å². The van der Waals surface area contributed by atoms with Gasteiger partial charge in [-0.15, -0.1) is 0 Å². The van der Waals surface area contributed by atoms with Crippen LogP contribution in [0, 0.1) is 17.1 Å². The number of carbonyl (C=O) groups is 1. The molecule has 0 fully saturated rings. The third-order valence-electron chi connectivity index (χ3n) is 7.02. The summed E-state index contributed by atoms with van der Waals surface area (Å²) in [5.74, 6) is -0.271. The lowest BCUT2D eigenvalue weighted by molar-refractivity contribution is -0.116. The topological polar surface area (TPSA) is 82.5 Å². The van der Waals surface area contributed by atoms with E-state index in [2.05, 4.69) is 11.1 Å². The minimum absolute atomic E-state index is 0.00313. The lowest BCUT2D eigenvalue weighted by Crippen LogP contribution is -2.40. The zero-order valence-electron chi connectivity index (χ0n) is 18.8. The van der Waals surface area contributed by atoms with Crippen LogP contribution in [0.3, 0.4) is 0 Å². The molecule has 3 aromatic rings. The molecule has 2 heterocycles. The van der Waals surface area contributed by atoms with Crippen molar-refractivity contribution in [2.75, 3.05) is 4.90 Å². The van der Waals surface area contributed by atoms with Crippen LogP contribution in [-0.4, -0.2) is 11.6 Å². The summed E-state index contributed by atoms with van der Waals surface area (Å²) < 4.78 is 13.8. The Morgan fingerprint density at radius 1 is 0.943 bits per heavy atom. The number of carbonyl (C=O) groups excluding carboxylic acids is 1. The largest absolute Gasteiger partial charge is 0.383 e. The molecule has 3 aliphatic rings. The van der Waals surface area contributed by atoms with Gasteiger partial charge in [0.15, 0.2) is 11.6 Å². The number of ketones is 1. The summed E-state index contributed by atoms with van der Waals surface area (Å²) in [6.45, 7) is 0. The number of nitrogens with zero attached hydrogens (tertiary/aromatic N) is 3. The predicted octanol–water partition coefficient (Wildman–Crippen LogP) is 5.28. The van der Waals surface area contributed by atoms with Crippen molar-refractivity contribution in [2.45, 2.75) is 24.7 Å². The van der Waals surface area contributed by atoms with Gasteiger partial charge in [0.25, 0.3) is 0 Å². The third kappa shape index (κ3) is 3.28. The number of nitriles is 1. The maximum absolute atomic E-state index is 13.8. The van der Waals surface area contributed by atoms with E-state index in [4.69, 9.17) is 5.73 Å². The fourth-order valence-corrected chi connectivity index (χ4v) is 5.46. The fourth-order valence-electron chi connectivity index (χ4n) is 5.46. The Labute approximate surface area is 202 Å². The standard InChI is InChI=1S/C29H21FN4O/c30-20-12-10-18(11-13-20)26-22(16-31)29-33-28(32)21-8-4-5-9-23(21)34(29)24-14-19(15-25(35)27(24)26)17-6-2-1-3-7-17/h1-13,19,26H,14-15H2,(H2,32,33). The molecule has 0 radical (unpaired) electrons. The van der Waals surface area contributed by atoms with Crippen LogP contribution in [0.2, 0.25) is 0 Å². The maximum atomic E-state index is 13.8. The first-order valence-electron chi connectivity index (χ1n) is 11.5. The first kappa shape index (κ1) is 21.1. The highest BCUT2D eigenvalue weighted by Gasteiger charge is 2.45. The average Bonchev–Trinajstić information content (AvgIpc) is 2.89. The molecule has 3 aromatic carbocycles. The van der Waals surface area contributed by atoms with Crippen molar-refractivity contribution in [3.63, 3.8) is 0 Å². The Morgan fingerprint density at radius 2 is 1.66 bits per heavy atom. The van der Waals surface area contributed by atoms with Crippen LogP contribution in [0.5, 0.6) is 0 Å². The Morgan fingerprint density at radius 3 is 2.40 bits per heavy atom. The molecule has 2 atom stereocenters. The number of amidine groups is 1. The van der Waals surface area contributed by atoms with E-state index < -0.39 is 5.92 Å². The number of halogens is 1. The normalized spacial score (nSPS) is 21.1. The van der Waals surface area contributed by atoms with Gasteiger partial charge in [-0.2, -0.15) is 5.26 Å². The van der Waals surface area contributed by atoms with Gasteiger partial charge >= 0.3 is 0 Å². The Kier molecular flexibility index (Phi) is 4.85. The van der Waals surface area contributed by atoms with Gasteiger partial charge in [-0.1, -0.05) is 54.6 Å². The van der Waals surface area contributed by atoms with Gasteiger partial charge in [0.05, 0.1) is 23.2 Å². The summed E-state index contributed by atoms with van der Waals surface area (Å²) in [6, 6.07) is 25.9. The number of fused-ring (bicyclic) bond motifs is 4. The molecule has 6 rings (SSSR count). The lowest BCUT2D eigenvalue weighted by Gasteiger charge is -2.43. The SMILES string of the molecule is N#CC1=C2N=C(N)c3ccccc3N2C2=C(C(=O)CC(c3ccccc3)C2)C1c1ccc(F)cc1. The molecule has 5 nitrogen and oxygen atoms in total. The third-order valence-corrected chi connectivity index (χ3v) is 7.02. The Hall–Kier alpha value is -4.50. The molecule has 0 amide bonds. The molecule has 0 spiro atoms. The zero-order chi connectivity index (χ0) is 24.1. The van der Waals surface area contributed by atoms with Gasteiger partial charge in [-0.05, 0) is 47.7 Å². The van der Waals surface area contributed by atoms with E-state index in [-0.39, 0.29) is 17.5 Å². The van der Waals surface area contributed by atoms with E-state index >= 15 is 0 Å². The van der Waals surface area contributed by atoms with Gasteiger partial charge in [-0.3, -0.25) is 9.69 Å². The molecule has 35 heavy (non-hydrogen) atoms. The van der Waals surface area contributed by atoms with E-state index in [0.29, 0.717) is 41.2 Å². The van der Waals surface area contributed by atoms with Crippen LogP contribution < -0.4 is 10.6 Å². The van der Waals surface area contributed by atoms with Crippen molar-refractivity contribution in [3.8, 4) is 6.07 Å². The van der Waals surface area contributed by atoms with Crippen LogP contribution in [0.1, 0.15) is 41.4 Å². The number of aliphatic imine (C=N–C) groups is 1. The molecule has 6 heteroatoms. The van der Waals surface area contributed by atoms with E-state index in [1.807, 2.05) is 59.5 Å². The summed E-state index contributed by atoms with van der Waals surface area (Å²) in [5, 5.41) is 10.3. The molecule has 0 saturated heterocycles. The van der Waals surface area contributed by atoms with Crippen molar-refractivity contribution in [2.24, 2.45) is 10.7 Å². The summed E-state index contributed by atoms with van der Waals surface area (Å²) in [4.78, 5) is 20.4. The summed E-state index contributed by atoms with van der Waals surface area (Å²) in [5.41, 5.74) is 11.4. The van der Waals surface area contributed by atoms with E-state index in [0.717, 1.165) is 22.5 Å². The molecule has 170 valence electrons. The number of nitrogens with two attached hydrogens (primary N) is 1. The van der Waals surface area contributed by atoms with Crippen molar-refractivity contribution in [1.82, 2.24) is 0 Å². The van der Waals surface area contributed by atoms with Crippen LogP contribution in [0.15, 0.2) is 107 Å². The summed E-state index contributed by atoms with van der Waals surface area (Å²) in [6.07, 6.45) is 0.949. The molecule has 2 N–H and O–H groups in total. The van der Waals surface area contributed by atoms with Gasteiger partial charge in [-0.25, -0.2) is 9.38 Å². The number of benzene rings is 3. The number of rotatable bonds is 2. The fraction of sp³-hybridized carbons (Fsp3) is 0.138. The molecular formula is C29H21FN4O. The summed E-state index contributed by atoms with van der Waals surface area (Å²) in [7, 11) is 0. The lowest BCUT2D eigenvalue weighted by atomic mass is 9.71. The van der Waals surface area contributed by atoms with Crippen molar-refractivity contribution in [1.29, 1.82) is 5.26 Å². The average molecular weight is 461 g/mol. The molecular weight excluding hydrogens is 439 g/mol. The molecule has 0 aromatic heterocycles. The van der Waals surface area contributed by atoms with Gasteiger partial charge in [0.1, 0.15) is 11.7 Å². The number of hydrogen-bond acceptors (Lipinski definition) is 5. The number of Topliss-reactive ketones (excluding diaryl/α,β-unsaturated/α-hetero) is 1. The minimum atomic E-state index is -0.632. The second kappa shape index (κ2) is 8.07. The maximum Gasteiger partial charge on any atom is 0.162 e. The van der Waals surface area contributed by atoms with Crippen molar-refractivity contribution in [3.05, 3.63) is 124 Å². The molecule has 0 bridgehead atoms. The van der Waals surface area contributed by atoms with E-state index in [9.17, 15) is 14.4 Å². The predicted molar refractivity (Wildman–Crippen MR) is 132 cm³/mol. The highest BCUT2D eigenvalue weighted by Crippen LogP contribution is 2.51. The first-order valence-corrected chi connectivity index (χ1v) is 11.5. The van der Waals surface area contributed by atoms with Crippen molar-refractivity contribution < 1.29 is 9.18 Å². The van der Waals surface area contributed by atoms with Gasteiger partial charge in [0, 0.05) is 23.3 Å². The zero-order valence-corrected chi connectivity index (χ0v) is 18.8. The Bertz CT molecular complexity index is 1500. The van der Waals surface area contributed by atoms with Crippen LogP contribution in [-0.2, 0) is 4.79 Å². The molecule has 0 saturated carbocycles. The quantitative estimate of drug-likeness (QED) is 0.564. The molecule has 1 aliphatic carbocycles. The minimum Gasteiger partial charge on any atom is -0.383 e. The smallest absolute Gasteiger partial charge is 0.162 e. The van der Waals surface area contributed by atoms with Gasteiger partial charge in [0.2, 0.25) is 0 Å².